The van der Waals surface area contributed by atoms with Gasteiger partial charge in [-0.05, 0) is 12.1 Å². The van der Waals surface area contributed by atoms with Gasteiger partial charge in [0.1, 0.15) is 0 Å². The molecule has 0 saturated carbocycles. The van der Waals surface area contributed by atoms with Gasteiger partial charge in [-0.1, -0.05) is 12.1 Å². The van der Waals surface area contributed by atoms with Crippen molar-refractivity contribution in [3.63, 3.8) is 0 Å². The Hall–Kier alpha value is -3.27. The molecule has 0 saturated heterocycles. The number of nitro groups is 1. The third-order valence-corrected chi connectivity index (χ3v) is 2.80. The number of carbonyl (C=O) groups is 1. The van der Waals surface area contributed by atoms with E-state index in [0.29, 0.717) is 11.8 Å². The van der Waals surface area contributed by atoms with Crippen molar-refractivity contribution < 1.29 is 9.72 Å². The predicted octanol–water partition coefficient (Wildman–Crippen LogP) is 2.21. The monoisotopic (exact) mass is 282 g/mol. The number of nitro benzene ring substituents is 1. The average molecular weight is 282 g/mol. The third kappa shape index (κ3) is 3.19. The topological polar surface area (TPSA) is 102 Å². The minimum absolute atomic E-state index is 0.0773. The largest absolute Gasteiger partial charge is 0.324 e. The number of rotatable bonds is 5. The van der Waals surface area contributed by atoms with Crippen LogP contribution in [0.1, 0.15) is 16.2 Å². The number of aldehydes is 1. The van der Waals surface area contributed by atoms with Crippen LogP contribution in [0, 0.1) is 21.4 Å². The Kier molecular flexibility index (Phi) is 4.21. The molecule has 1 aromatic heterocycles. The maximum absolute atomic E-state index is 10.9. The van der Waals surface area contributed by atoms with Crippen molar-refractivity contribution in [2.24, 2.45) is 0 Å². The molecule has 2 rings (SSSR count). The smallest absolute Gasteiger partial charge is 0.276 e. The van der Waals surface area contributed by atoms with E-state index in [2.05, 4.69) is 4.98 Å². The highest BCUT2D eigenvalue weighted by Gasteiger charge is 2.12. The molecule has 0 atom stereocenters. The number of nitrogens with zero attached hydrogens (tertiary/aromatic N) is 4. The molecule has 1 aromatic carbocycles. The second kappa shape index (κ2) is 6.25. The van der Waals surface area contributed by atoms with Crippen molar-refractivity contribution in [3.05, 3.63) is 63.7 Å². The highest BCUT2D eigenvalue weighted by molar-refractivity contribution is 5.69. The molecule has 21 heavy (non-hydrogen) atoms. The van der Waals surface area contributed by atoms with Gasteiger partial charge >= 0.3 is 0 Å². The van der Waals surface area contributed by atoms with E-state index in [4.69, 9.17) is 5.26 Å². The van der Waals surface area contributed by atoms with Crippen LogP contribution in [0.15, 0.2) is 42.2 Å². The molecule has 1 heterocycles. The van der Waals surface area contributed by atoms with Crippen molar-refractivity contribution in [2.45, 2.75) is 6.54 Å². The number of nitriles is 1. The first kappa shape index (κ1) is 14.1. The molecule has 7 nitrogen and oxygen atoms in total. The molecular weight excluding hydrogens is 272 g/mol. The normalized spacial score (nSPS) is 10.9. The zero-order valence-corrected chi connectivity index (χ0v) is 10.8. The minimum Gasteiger partial charge on any atom is -0.324 e. The fourth-order valence-corrected chi connectivity index (χ4v) is 1.83. The van der Waals surface area contributed by atoms with Crippen LogP contribution in [0.4, 0.5) is 5.69 Å². The number of benzene rings is 1. The van der Waals surface area contributed by atoms with Crippen LogP contribution in [0.5, 0.6) is 0 Å². The van der Waals surface area contributed by atoms with Gasteiger partial charge in [-0.15, -0.1) is 0 Å². The number of allylic oxidation sites excluding steroid dienone is 1. The summed E-state index contributed by atoms with van der Waals surface area (Å²) in [5, 5.41) is 20.1. The summed E-state index contributed by atoms with van der Waals surface area (Å²) in [5.74, 6) is 0.193. The molecule has 104 valence electrons. The number of carbonyl (C=O) groups excluding carboxylic acids is 1. The summed E-state index contributed by atoms with van der Waals surface area (Å²) in [6.07, 6.45) is 5.03. The first-order valence-electron chi connectivity index (χ1n) is 5.96. The highest BCUT2D eigenvalue weighted by Crippen LogP contribution is 2.21. The number of hydrogen-bond acceptors (Lipinski definition) is 5. The van der Waals surface area contributed by atoms with Crippen LogP contribution in [-0.2, 0) is 6.54 Å². The van der Waals surface area contributed by atoms with E-state index in [1.165, 1.54) is 22.9 Å². The van der Waals surface area contributed by atoms with Gasteiger partial charge in [0.05, 0.1) is 28.7 Å². The summed E-state index contributed by atoms with van der Waals surface area (Å²) >= 11 is 0. The van der Waals surface area contributed by atoms with E-state index in [1.54, 1.807) is 24.4 Å². The summed E-state index contributed by atoms with van der Waals surface area (Å²) in [7, 11) is 0. The first-order valence-corrected chi connectivity index (χ1v) is 5.96. The zero-order valence-electron chi connectivity index (χ0n) is 10.8. The van der Waals surface area contributed by atoms with Crippen LogP contribution in [0.3, 0.4) is 0 Å². The second-order valence-corrected chi connectivity index (χ2v) is 4.13. The standard InChI is InChI=1S/C14H10N4O3/c15-8-11(9-17-6-5-16-14(17)10-19)7-12-3-1-2-4-13(12)18(20)21/h1-7,10H,9H2/b11-7+. The zero-order chi connectivity index (χ0) is 15.2. The summed E-state index contributed by atoms with van der Waals surface area (Å²) in [6, 6.07) is 8.12. The van der Waals surface area contributed by atoms with Crippen molar-refractivity contribution in [1.82, 2.24) is 9.55 Å². The lowest BCUT2D eigenvalue weighted by Crippen LogP contribution is -2.04. The second-order valence-electron chi connectivity index (χ2n) is 4.13. The molecule has 0 amide bonds. The molecule has 0 aliphatic heterocycles. The quantitative estimate of drug-likeness (QED) is 0.362. The predicted molar refractivity (Wildman–Crippen MR) is 74.3 cm³/mol. The van der Waals surface area contributed by atoms with Crippen molar-refractivity contribution in [1.29, 1.82) is 5.26 Å². The fourth-order valence-electron chi connectivity index (χ4n) is 1.83. The Labute approximate surface area is 119 Å². The Balaban J connectivity index is 2.36. The number of aromatic nitrogens is 2. The van der Waals surface area contributed by atoms with Crippen molar-refractivity contribution in [3.8, 4) is 6.07 Å². The number of para-hydroxylation sites is 1. The average Bonchev–Trinajstić information content (AvgIpc) is 2.94. The molecular formula is C14H10N4O3. The molecule has 0 N–H and O–H groups in total. The molecule has 2 aromatic rings. The Morgan fingerprint density at radius 3 is 2.90 bits per heavy atom. The van der Waals surface area contributed by atoms with E-state index in [1.807, 2.05) is 6.07 Å². The lowest BCUT2D eigenvalue weighted by atomic mass is 10.1. The molecule has 0 spiro atoms. The summed E-state index contributed by atoms with van der Waals surface area (Å²) < 4.78 is 1.50. The summed E-state index contributed by atoms with van der Waals surface area (Å²) in [5.41, 5.74) is 0.545. The maximum atomic E-state index is 10.9. The molecule has 0 aliphatic rings. The van der Waals surface area contributed by atoms with Gasteiger partial charge in [-0.2, -0.15) is 5.26 Å². The number of hydrogen-bond donors (Lipinski definition) is 0. The highest BCUT2D eigenvalue weighted by atomic mass is 16.6. The van der Waals surface area contributed by atoms with E-state index in [0.717, 1.165) is 0 Å². The SMILES string of the molecule is N#C/C(=C\c1ccccc1[N+](=O)[O-])Cn1ccnc1C=O. The van der Waals surface area contributed by atoms with Crippen LogP contribution < -0.4 is 0 Å². The fraction of sp³-hybridized carbons (Fsp3) is 0.0714. The third-order valence-electron chi connectivity index (χ3n) is 2.80. The lowest BCUT2D eigenvalue weighted by molar-refractivity contribution is -0.385. The van der Waals surface area contributed by atoms with E-state index < -0.39 is 4.92 Å². The van der Waals surface area contributed by atoms with Crippen molar-refractivity contribution in [2.75, 3.05) is 0 Å². The van der Waals surface area contributed by atoms with Gasteiger partial charge in [0.25, 0.3) is 5.69 Å². The molecule has 0 radical (unpaired) electrons. The van der Waals surface area contributed by atoms with Gasteiger partial charge in [-0.3, -0.25) is 14.9 Å². The number of imidazole rings is 1. The minimum atomic E-state index is -0.505. The molecule has 0 fully saturated rings. The Morgan fingerprint density at radius 2 is 2.24 bits per heavy atom. The van der Waals surface area contributed by atoms with Crippen LogP contribution in [0.2, 0.25) is 0 Å². The molecule has 0 aliphatic carbocycles. The van der Waals surface area contributed by atoms with Crippen LogP contribution in [-0.4, -0.2) is 20.8 Å². The Bertz CT molecular complexity index is 756. The lowest BCUT2D eigenvalue weighted by Gasteiger charge is -2.03. The van der Waals surface area contributed by atoms with Gasteiger partial charge in [0.2, 0.25) is 0 Å². The van der Waals surface area contributed by atoms with Crippen LogP contribution >= 0.6 is 0 Å². The molecule has 7 heteroatoms. The first-order chi connectivity index (χ1) is 10.2. The maximum Gasteiger partial charge on any atom is 0.276 e. The van der Waals surface area contributed by atoms with E-state index in [9.17, 15) is 14.9 Å². The van der Waals surface area contributed by atoms with Gasteiger partial charge in [0.15, 0.2) is 12.1 Å². The van der Waals surface area contributed by atoms with Crippen molar-refractivity contribution >= 4 is 18.0 Å². The van der Waals surface area contributed by atoms with Gasteiger partial charge < -0.3 is 4.57 Å². The van der Waals surface area contributed by atoms with Gasteiger partial charge in [-0.25, -0.2) is 4.98 Å². The van der Waals surface area contributed by atoms with Gasteiger partial charge in [0, 0.05) is 18.5 Å². The van der Waals surface area contributed by atoms with E-state index >= 15 is 0 Å². The Morgan fingerprint density at radius 1 is 1.48 bits per heavy atom. The molecule has 0 unspecified atom stereocenters. The molecule has 0 bridgehead atoms. The van der Waals surface area contributed by atoms with E-state index in [-0.39, 0.29) is 23.6 Å². The van der Waals surface area contributed by atoms with Crippen LogP contribution in [0.25, 0.3) is 6.08 Å². The summed E-state index contributed by atoms with van der Waals surface area (Å²) in [4.78, 5) is 25.0. The summed E-state index contributed by atoms with van der Waals surface area (Å²) in [6.45, 7) is 0.122.